The Balaban J connectivity index is 2.73. The van der Waals surface area contributed by atoms with Gasteiger partial charge in [0.25, 0.3) is 11.4 Å². The minimum Gasteiger partial charge on any atom is -0.461 e. The van der Waals surface area contributed by atoms with E-state index in [4.69, 9.17) is 9.47 Å². The van der Waals surface area contributed by atoms with Crippen molar-refractivity contribution in [1.29, 1.82) is 0 Å². The molecule has 130 valence electrons. The number of carbonyl (C=O) groups is 2. The van der Waals surface area contributed by atoms with Gasteiger partial charge in [0.2, 0.25) is 0 Å². The van der Waals surface area contributed by atoms with E-state index in [1.807, 2.05) is 0 Å². The number of esters is 2. The first kappa shape index (κ1) is 19.5. The van der Waals surface area contributed by atoms with Crippen LogP contribution in [0.5, 0.6) is 0 Å². The second-order valence-electron chi connectivity index (χ2n) is 5.00. The molecule has 0 radical (unpaired) electrons. The molecule has 0 aromatic heterocycles. The summed E-state index contributed by atoms with van der Waals surface area (Å²) in [6, 6.07) is 2.46. The van der Waals surface area contributed by atoms with Gasteiger partial charge in [-0.05, 0) is 13.8 Å². The van der Waals surface area contributed by atoms with E-state index in [1.165, 1.54) is 0 Å². The van der Waals surface area contributed by atoms with Crippen LogP contribution in [0.2, 0.25) is 0 Å². The molecule has 0 unspecified atom stereocenters. The van der Waals surface area contributed by atoms with Crippen molar-refractivity contribution in [3.8, 4) is 0 Å². The number of rotatable bonds is 7. The standard InChI is InChI=1S/C13H13BrN2O8/c1-13(2,14)12(18)24-4-3-23-11(17)8-5-9(15(19)20)7-10(6-8)16(21)22/h5-7H,3-4H2,1-2H3. The second kappa shape index (κ2) is 7.81. The maximum Gasteiger partial charge on any atom is 0.338 e. The zero-order chi connectivity index (χ0) is 18.5. The summed E-state index contributed by atoms with van der Waals surface area (Å²) in [5.41, 5.74) is -1.56. The average molecular weight is 405 g/mol. The Hall–Kier alpha value is -2.56. The van der Waals surface area contributed by atoms with Gasteiger partial charge in [-0.3, -0.25) is 25.0 Å². The molecule has 11 heteroatoms. The fourth-order valence-electron chi connectivity index (χ4n) is 1.45. The molecule has 1 aromatic rings. The lowest BCUT2D eigenvalue weighted by Gasteiger charge is -2.14. The normalized spacial score (nSPS) is 10.8. The Morgan fingerprint density at radius 2 is 1.50 bits per heavy atom. The number of nitro benzene ring substituents is 2. The van der Waals surface area contributed by atoms with E-state index in [0.29, 0.717) is 0 Å². The summed E-state index contributed by atoms with van der Waals surface area (Å²) in [7, 11) is 0. The van der Waals surface area contributed by atoms with Crippen LogP contribution < -0.4 is 0 Å². The zero-order valence-electron chi connectivity index (χ0n) is 12.7. The van der Waals surface area contributed by atoms with Crippen molar-refractivity contribution in [3.63, 3.8) is 0 Å². The summed E-state index contributed by atoms with van der Waals surface area (Å²) < 4.78 is 8.73. The lowest BCUT2D eigenvalue weighted by atomic mass is 10.2. The highest BCUT2D eigenvalue weighted by molar-refractivity contribution is 9.10. The molecule has 0 aliphatic heterocycles. The number of halogens is 1. The fourth-order valence-corrected chi connectivity index (χ4v) is 1.56. The van der Waals surface area contributed by atoms with Gasteiger partial charge in [0.05, 0.1) is 21.5 Å². The van der Waals surface area contributed by atoms with Crippen molar-refractivity contribution in [3.05, 3.63) is 44.0 Å². The predicted octanol–water partition coefficient (Wildman–Crippen LogP) is 2.38. The molecule has 0 amide bonds. The summed E-state index contributed by atoms with van der Waals surface area (Å²) in [4.78, 5) is 43.1. The van der Waals surface area contributed by atoms with Gasteiger partial charge in [0.1, 0.15) is 17.5 Å². The van der Waals surface area contributed by atoms with E-state index in [0.717, 1.165) is 18.2 Å². The summed E-state index contributed by atoms with van der Waals surface area (Å²) in [6.45, 7) is 2.62. The van der Waals surface area contributed by atoms with Gasteiger partial charge in [-0.2, -0.15) is 0 Å². The molecule has 1 rings (SSSR count). The Kier molecular flexibility index (Phi) is 6.35. The van der Waals surface area contributed by atoms with Crippen molar-refractivity contribution in [2.24, 2.45) is 0 Å². The smallest absolute Gasteiger partial charge is 0.338 e. The molecule has 0 fully saturated rings. The van der Waals surface area contributed by atoms with Crippen LogP contribution in [0.1, 0.15) is 24.2 Å². The number of carbonyl (C=O) groups excluding carboxylic acids is 2. The van der Waals surface area contributed by atoms with Gasteiger partial charge in [0.15, 0.2) is 0 Å². The van der Waals surface area contributed by atoms with Gasteiger partial charge >= 0.3 is 11.9 Å². The zero-order valence-corrected chi connectivity index (χ0v) is 14.3. The van der Waals surface area contributed by atoms with E-state index in [9.17, 15) is 29.8 Å². The van der Waals surface area contributed by atoms with Gasteiger partial charge in [0, 0.05) is 12.1 Å². The summed E-state index contributed by atoms with van der Waals surface area (Å²) in [5, 5.41) is 21.5. The largest absolute Gasteiger partial charge is 0.461 e. The first-order valence-electron chi connectivity index (χ1n) is 6.49. The maximum atomic E-state index is 11.8. The van der Waals surface area contributed by atoms with Crippen molar-refractivity contribution < 1.29 is 28.9 Å². The molecule has 0 aliphatic carbocycles. The third-order valence-corrected chi connectivity index (χ3v) is 2.92. The van der Waals surface area contributed by atoms with E-state index in [2.05, 4.69) is 15.9 Å². The number of hydrogen-bond acceptors (Lipinski definition) is 8. The SMILES string of the molecule is CC(C)(Br)C(=O)OCCOC(=O)c1cc([N+](=O)[O-])cc([N+](=O)[O-])c1. The van der Waals surface area contributed by atoms with Crippen LogP contribution in [-0.4, -0.2) is 39.3 Å². The topological polar surface area (TPSA) is 139 Å². The van der Waals surface area contributed by atoms with Crippen LogP contribution in [-0.2, 0) is 14.3 Å². The quantitative estimate of drug-likeness (QED) is 0.222. The molecule has 0 heterocycles. The number of nitro groups is 2. The summed E-state index contributed by atoms with van der Waals surface area (Å²) in [5.74, 6) is -1.57. The monoisotopic (exact) mass is 404 g/mol. The third-order valence-electron chi connectivity index (χ3n) is 2.59. The predicted molar refractivity (Wildman–Crippen MR) is 84.0 cm³/mol. The van der Waals surface area contributed by atoms with Crippen LogP contribution in [0.3, 0.4) is 0 Å². The van der Waals surface area contributed by atoms with Gasteiger partial charge < -0.3 is 9.47 Å². The van der Waals surface area contributed by atoms with Crippen LogP contribution >= 0.6 is 15.9 Å². The van der Waals surface area contributed by atoms with Crippen LogP contribution in [0.4, 0.5) is 11.4 Å². The summed E-state index contributed by atoms with van der Waals surface area (Å²) >= 11 is 3.09. The van der Waals surface area contributed by atoms with Crippen molar-refractivity contribution in [2.75, 3.05) is 13.2 Å². The van der Waals surface area contributed by atoms with Crippen molar-refractivity contribution >= 4 is 39.2 Å². The van der Waals surface area contributed by atoms with Crippen LogP contribution in [0, 0.1) is 20.2 Å². The maximum absolute atomic E-state index is 11.8. The second-order valence-corrected chi connectivity index (χ2v) is 6.98. The minimum absolute atomic E-state index is 0.226. The van der Waals surface area contributed by atoms with E-state index < -0.39 is 37.5 Å². The first-order valence-corrected chi connectivity index (χ1v) is 7.29. The van der Waals surface area contributed by atoms with Gasteiger partial charge in [-0.15, -0.1) is 0 Å². The van der Waals surface area contributed by atoms with Gasteiger partial charge in [-0.25, -0.2) is 4.79 Å². The average Bonchev–Trinajstić information content (AvgIpc) is 2.49. The fraction of sp³-hybridized carbons (Fsp3) is 0.385. The highest BCUT2D eigenvalue weighted by atomic mass is 79.9. The highest BCUT2D eigenvalue weighted by Gasteiger charge is 2.25. The Morgan fingerprint density at radius 3 is 1.92 bits per heavy atom. The highest BCUT2D eigenvalue weighted by Crippen LogP contribution is 2.23. The number of alkyl halides is 1. The molecular formula is C13H13BrN2O8. The molecule has 0 spiro atoms. The number of non-ortho nitro benzene ring substituents is 2. The number of hydrogen-bond donors (Lipinski definition) is 0. The molecule has 10 nitrogen and oxygen atoms in total. The minimum atomic E-state index is -1.00. The van der Waals surface area contributed by atoms with E-state index in [1.54, 1.807) is 13.8 Å². The molecule has 0 saturated carbocycles. The number of nitrogens with zero attached hydrogens (tertiary/aromatic N) is 2. The van der Waals surface area contributed by atoms with E-state index in [-0.39, 0.29) is 18.8 Å². The van der Waals surface area contributed by atoms with Crippen molar-refractivity contribution in [1.82, 2.24) is 0 Å². The number of benzene rings is 1. The molecular weight excluding hydrogens is 392 g/mol. The Labute approximate surface area is 144 Å². The molecule has 0 aliphatic rings. The molecule has 24 heavy (non-hydrogen) atoms. The molecule has 0 atom stereocenters. The first-order chi connectivity index (χ1) is 11.0. The van der Waals surface area contributed by atoms with Crippen LogP contribution in [0.25, 0.3) is 0 Å². The molecule has 0 saturated heterocycles. The van der Waals surface area contributed by atoms with Crippen molar-refractivity contribution in [2.45, 2.75) is 18.2 Å². The number of ether oxygens (including phenoxy) is 2. The lowest BCUT2D eigenvalue weighted by molar-refractivity contribution is -0.394. The molecule has 0 N–H and O–H groups in total. The Morgan fingerprint density at radius 1 is 1.04 bits per heavy atom. The van der Waals surface area contributed by atoms with Crippen LogP contribution in [0.15, 0.2) is 18.2 Å². The molecule has 0 bridgehead atoms. The van der Waals surface area contributed by atoms with E-state index >= 15 is 0 Å². The lowest BCUT2D eigenvalue weighted by Crippen LogP contribution is -2.28. The Bertz CT molecular complexity index is 651. The molecule has 1 aromatic carbocycles. The van der Waals surface area contributed by atoms with Gasteiger partial charge in [-0.1, -0.05) is 15.9 Å². The third kappa shape index (κ3) is 5.57. The summed E-state index contributed by atoms with van der Waals surface area (Å²) in [6.07, 6.45) is 0.